The van der Waals surface area contributed by atoms with Crippen molar-refractivity contribution in [2.24, 2.45) is 5.92 Å². The number of carbonyl (C=O) groups is 3. The van der Waals surface area contributed by atoms with Crippen molar-refractivity contribution < 1.29 is 19.1 Å². The van der Waals surface area contributed by atoms with Gasteiger partial charge in [-0.25, -0.2) is 4.98 Å². The molecule has 4 heterocycles. The van der Waals surface area contributed by atoms with Gasteiger partial charge in [0.05, 0.1) is 23.5 Å². The zero-order valence-corrected chi connectivity index (χ0v) is 22.8. The SMILES string of the molecule is CCOC(=O)CC1C(=O)NCCN1c1nc2c(C)cccn2c(=O)c1/C=C1\SC(=S)N(CC(C)C)C1=O. The van der Waals surface area contributed by atoms with Crippen LogP contribution in [0.4, 0.5) is 5.82 Å². The molecule has 0 spiro atoms. The van der Waals surface area contributed by atoms with Gasteiger partial charge in [-0.15, -0.1) is 0 Å². The van der Waals surface area contributed by atoms with Crippen molar-refractivity contribution in [1.82, 2.24) is 19.6 Å². The Kier molecular flexibility index (Phi) is 7.98. The van der Waals surface area contributed by atoms with Crippen molar-refractivity contribution in [1.29, 1.82) is 0 Å². The molecule has 4 rings (SSSR count). The first kappa shape index (κ1) is 26.8. The number of nitrogens with one attached hydrogen (secondary N) is 1. The highest BCUT2D eigenvalue weighted by Crippen LogP contribution is 2.34. The van der Waals surface area contributed by atoms with Crippen molar-refractivity contribution in [3.63, 3.8) is 0 Å². The zero-order valence-electron chi connectivity index (χ0n) is 21.1. The van der Waals surface area contributed by atoms with Gasteiger partial charge in [-0.1, -0.05) is 43.9 Å². The van der Waals surface area contributed by atoms with E-state index in [1.165, 1.54) is 15.4 Å². The van der Waals surface area contributed by atoms with Crippen molar-refractivity contribution in [2.45, 2.75) is 40.2 Å². The van der Waals surface area contributed by atoms with Crippen LogP contribution in [0.2, 0.25) is 0 Å². The van der Waals surface area contributed by atoms with Crippen molar-refractivity contribution in [3.05, 3.63) is 44.7 Å². The minimum atomic E-state index is -0.922. The monoisotopic (exact) mass is 543 g/mol. The highest BCUT2D eigenvalue weighted by molar-refractivity contribution is 8.26. The molecule has 2 aromatic rings. The van der Waals surface area contributed by atoms with E-state index in [2.05, 4.69) is 5.32 Å². The summed E-state index contributed by atoms with van der Waals surface area (Å²) in [4.78, 5) is 60.5. The molecule has 2 aliphatic heterocycles. The summed E-state index contributed by atoms with van der Waals surface area (Å²) in [5.41, 5.74) is 0.947. The summed E-state index contributed by atoms with van der Waals surface area (Å²) in [6, 6.07) is 2.66. The number of fused-ring (bicyclic) bond motifs is 1. The maximum atomic E-state index is 13.8. The van der Waals surface area contributed by atoms with Gasteiger partial charge < -0.3 is 15.0 Å². The highest BCUT2D eigenvalue weighted by Gasteiger charge is 2.37. The lowest BCUT2D eigenvalue weighted by molar-refractivity contribution is -0.145. The quantitative estimate of drug-likeness (QED) is 0.319. The molecule has 196 valence electrons. The Morgan fingerprint density at radius 2 is 2.11 bits per heavy atom. The molecule has 37 heavy (non-hydrogen) atoms. The maximum Gasteiger partial charge on any atom is 0.308 e. The number of amides is 2. The smallest absolute Gasteiger partial charge is 0.308 e. The van der Waals surface area contributed by atoms with Gasteiger partial charge in [0, 0.05) is 25.8 Å². The van der Waals surface area contributed by atoms with Crippen LogP contribution in [0.1, 0.15) is 38.3 Å². The van der Waals surface area contributed by atoms with E-state index in [1.54, 1.807) is 24.1 Å². The molecule has 2 fully saturated rings. The second kappa shape index (κ2) is 11.0. The van der Waals surface area contributed by atoms with E-state index in [0.29, 0.717) is 34.5 Å². The van der Waals surface area contributed by atoms with Crippen molar-refractivity contribution >= 4 is 63.6 Å². The number of aromatic nitrogens is 2. The van der Waals surface area contributed by atoms with Crippen LogP contribution >= 0.6 is 24.0 Å². The first-order valence-electron chi connectivity index (χ1n) is 12.1. The molecule has 0 aromatic carbocycles. The van der Waals surface area contributed by atoms with E-state index >= 15 is 0 Å². The lowest BCUT2D eigenvalue weighted by Gasteiger charge is -2.36. The Hall–Kier alpha value is -3.25. The van der Waals surface area contributed by atoms with E-state index in [4.69, 9.17) is 21.9 Å². The topological polar surface area (TPSA) is 113 Å². The van der Waals surface area contributed by atoms with Gasteiger partial charge in [0.25, 0.3) is 11.5 Å². The minimum absolute atomic E-state index is 0.150. The van der Waals surface area contributed by atoms with Crippen LogP contribution in [-0.4, -0.2) is 68.7 Å². The second-order valence-electron chi connectivity index (χ2n) is 9.23. The first-order chi connectivity index (χ1) is 17.6. The van der Waals surface area contributed by atoms with E-state index in [9.17, 15) is 19.2 Å². The predicted octanol–water partition coefficient (Wildman–Crippen LogP) is 2.12. The second-order valence-corrected chi connectivity index (χ2v) is 10.9. The summed E-state index contributed by atoms with van der Waals surface area (Å²) in [6.07, 6.45) is 2.92. The van der Waals surface area contributed by atoms with Gasteiger partial charge in [-0.05, 0) is 37.5 Å². The molecule has 10 nitrogen and oxygen atoms in total. The largest absolute Gasteiger partial charge is 0.466 e. The van der Waals surface area contributed by atoms with Gasteiger partial charge in [-0.2, -0.15) is 0 Å². The molecule has 2 aliphatic rings. The fourth-order valence-corrected chi connectivity index (χ4v) is 5.61. The third-order valence-corrected chi connectivity index (χ3v) is 7.41. The van der Waals surface area contributed by atoms with Gasteiger partial charge in [0.15, 0.2) is 0 Å². The molecule has 2 aromatic heterocycles. The number of nitrogens with zero attached hydrogens (tertiary/aromatic N) is 4. The fraction of sp³-hybridized carbons (Fsp3) is 0.440. The average molecular weight is 544 g/mol. The molecular formula is C25H29N5O5S2. The molecule has 0 saturated carbocycles. The molecule has 1 atom stereocenters. The number of rotatable bonds is 7. The third-order valence-electron chi connectivity index (χ3n) is 6.03. The standard InChI is InChI=1S/C25H29N5O5S2/c1-5-35-19(31)12-17-22(32)26-8-10-28(17)21-16(23(33)29-9-6-7-15(4)20(29)27-21)11-18-24(34)30(13-14(2)3)25(36)37-18/h6-7,9,11,14,17H,5,8,10,12-13H2,1-4H3,(H,26,32)/b18-11-. The Labute approximate surface area is 224 Å². The normalized spacial score (nSPS) is 19.3. The van der Waals surface area contributed by atoms with Crippen LogP contribution in [0.5, 0.6) is 0 Å². The third kappa shape index (κ3) is 5.40. The number of hydrogen-bond donors (Lipinski definition) is 1. The van der Waals surface area contributed by atoms with Crippen molar-refractivity contribution in [2.75, 3.05) is 31.1 Å². The number of ether oxygens (including phenoxy) is 1. The van der Waals surface area contributed by atoms with Crippen LogP contribution in [0.25, 0.3) is 11.7 Å². The van der Waals surface area contributed by atoms with Gasteiger partial charge in [-0.3, -0.25) is 28.5 Å². The summed E-state index contributed by atoms with van der Waals surface area (Å²) in [7, 11) is 0. The number of esters is 1. The number of aryl methyl sites for hydroxylation is 1. The molecule has 2 amide bonds. The van der Waals surface area contributed by atoms with E-state index in [1.807, 2.05) is 26.8 Å². The Balaban J connectivity index is 1.88. The van der Waals surface area contributed by atoms with Crippen molar-refractivity contribution in [3.8, 4) is 0 Å². The molecular weight excluding hydrogens is 514 g/mol. The average Bonchev–Trinajstić information content (AvgIpc) is 3.09. The fourth-order valence-electron chi connectivity index (χ4n) is 4.35. The van der Waals surface area contributed by atoms with Crippen LogP contribution in [0.15, 0.2) is 28.0 Å². The first-order valence-corrected chi connectivity index (χ1v) is 13.3. The summed E-state index contributed by atoms with van der Waals surface area (Å²) in [6.45, 7) is 8.80. The number of carbonyl (C=O) groups excluding carboxylic acids is 3. The number of anilines is 1. The number of thioether (sulfide) groups is 1. The molecule has 0 aliphatic carbocycles. The summed E-state index contributed by atoms with van der Waals surface area (Å²) < 4.78 is 6.93. The molecule has 0 bridgehead atoms. The van der Waals surface area contributed by atoms with Crippen LogP contribution in [0.3, 0.4) is 0 Å². The number of thiocarbonyl (C=S) groups is 1. The van der Waals surface area contributed by atoms with Crippen LogP contribution < -0.4 is 15.8 Å². The Morgan fingerprint density at radius 1 is 1.35 bits per heavy atom. The molecule has 12 heteroatoms. The Bertz CT molecular complexity index is 1370. The zero-order chi connectivity index (χ0) is 26.9. The summed E-state index contributed by atoms with van der Waals surface area (Å²) in [5, 5.41) is 2.77. The van der Waals surface area contributed by atoms with Gasteiger partial charge in [0.1, 0.15) is 21.8 Å². The molecule has 2 saturated heterocycles. The van der Waals surface area contributed by atoms with Gasteiger partial charge >= 0.3 is 5.97 Å². The summed E-state index contributed by atoms with van der Waals surface area (Å²) >= 11 is 6.57. The number of piperazine rings is 1. The van der Waals surface area contributed by atoms with E-state index in [0.717, 1.165) is 17.3 Å². The minimum Gasteiger partial charge on any atom is -0.466 e. The predicted molar refractivity (Wildman–Crippen MR) is 146 cm³/mol. The van der Waals surface area contributed by atoms with Crippen LogP contribution in [0, 0.1) is 12.8 Å². The van der Waals surface area contributed by atoms with E-state index < -0.39 is 17.6 Å². The molecule has 0 radical (unpaired) electrons. The van der Waals surface area contributed by atoms with E-state index in [-0.39, 0.29) is 42.1 Å². The lowest BCUT2D eigenvalue weighted by Crippen LogP contribution is -2.57. The van der Waals surface area contributed by atoms with Crippen LogP contribution in [-0.2, 0) is 19.1 Å². The molecule has 1 N–H and O–H groups in total. The molecule has 1 unspecified atom stereocenters. The lowest BCUT2D eigenvalue weighted by atomic mass is 10.1. The Morgan fingerprint density at radius 3 is 2.81 bits per heavy atom. The summed E-state index contributed by atoms with van der Waals surface area (Å²) in [5.74, 6) is -0.719. The van der Waals surface area contributed by atoms with Gasteiger partial charge in [0.2, 0.25) is 5.91 Å². The number of hydrogen-bond acceptors (Lipinski definition) is 9. The highest BCUT2D eigenvalue weighted by atomic mass is 32.2. The number of pyridine rings is 1. The maximum absolute atomic E-state index is 13.8.